The Kier molecular flexibility index (Phi) is 2.06. The summed E-state index contributed by atoms with van der Waals surface area (Å²) in [5.74, 6) is 0.699. The number of rotatable bonds is 2. The number of pyridine rings is 1. The second-order valence-corrected chi connectivity index (χ2v) is 2.65. The summed E-state index contributed by atoms with van der Waals surface area (Å²) in [4.78, 5) is 8.07. The van der Waals surface area contributed by atoms with E-state index in [0.717, 1.165) is 0 Å². The van der Waals surface area contributed by atoms with E-state index < -0.39 is 0 Å². The van der Waals surface area contributed by atoms with Gasteiger partial charge < -0.3 is 14.9 Å². The highest BCUT2D eigenvalue weighted by molar-refractivity contribution is 5.54. The fraction of sp³-hybridized carbons (Fsp3) is 0.111. The standard InChI is InChI=1S/C9H9N3O2/c1-13-6-2-3-7(11-4-6)8-5-14-9(10)12-8/h2-5H,1H3,(H2,10,12). The summed E-state index contributed by atoms with van der Waals surface area (Å²) in [5, 5.41) is 0. The van der Waals surface area contributed by atoms with Crippen molar-refractivity contribution in [3.8, 4) is 17.1 Å². The van der Waals surface area contributed by atoms with Gasteiger partial charge in [0.1, 0.15) is 17.7 Å². The molecule has 5 nitrogen and oxygen atoms in total. The van der Waals surface area contributed by atoms with Crippen LogP contribution in [0.15, 0.2) is 29.0 Å². The van der Waals surface area contributed by atoms with Crippen LogP contribution in [0.5, 0.6) is 5.75 Å². The summed E-state index contributed by atoms with van der Waals surface area (Å²) >= 11 is 0. The zero-order valence-corrected chi connectivity index (χ0v) is 7.60. The van der Waals surface area contributed by atoms with Gasteiger partial charge in [-0.15, -0.1) is 0 Å². The van der Waals surface area contributed by atoms with Gasteiger partial charge in [-0.05, 0) is 12.1 Å². The maximum atomic E-state index is 5.34. The molecule has 2 rings (SSSR count). The molecule has 0 saturated heterocycles. The molecule has 0 bridgehead atoms. The van der Waals surface area contributed by atoms with E-state index in [9.17, 15) is 0 Å². The van der Waals surface area contributed by atoms with Gasteiger partial charge in [-0.1, -0.05) is 0 Å². The first-order valence-corrected chi connectivity index (χ1v) is 4.01. The number of nitrogens with zero attached hydrogens (tertiary/aromatic N) is 2. The molecule has 5 heteroatoms. The van der Waals surface area contributed by atoms with Crippen LogP contribution in [0.3, 0.4) is 0 Å². The van der Waals surface area contributed by atoms with E-state index in [0.29, 0.717) is 17.1 Å². The average Bonchev–Trinajstić information content (AvgIpc) is 2.65. The Morgan fingerprint density at radius 3 is 2.71 bits per heavy atom. The molecular weight excluding hydrogens is 182 g/mol. The van der Waals surface area contributed by atoms with Gasteiger partial charge >= 0.3 is 0 Å². The Balaban J connectivity index is 2.33. The Morgan fingerprint density at radius 2 is 2.21 bits per heavy atom. The van der Waals surface area contributed by atoms with Crippen molar-refractivity contribution in [2.24, 2.45) is 0 Å². The van der Waals surface area contributed by atoms with Gasteiger partial charge in [0.15, 0.2) is 0 Å². The smallest absolute Gasteiger partial charge is 0.292 e. The minimum atomic E-state index is 0.137. The number of oxazole rings is 1. The van der Waals surface area contributed by atoms with E-state index in [2.05, 4.69) is 9.97 Å². The number of ether oxygens (including phenoxy) is 1. The lowest BCUT2D eigenvalue weighted by Crippen LogP contribution is -1.88. The highest BCUT2D eigenvalue weighted by atomic mass is 16.5. The van der Waals surface area contributed by atoms with Crippen molar-refractivity contribution in [2.45, 2.75) is 0 Å². The molecule has 0 amide bonds. The van der Waals surface area contributed by atoms with Gasteiger partial charge in [0.25, 0.3) is 6.01 Å². The SMILES string of the molecule is COc1ccc(-c2coc(N)n2)nc1. The number of nitrogen functional groups attached to an aromatic ring is 1. The number of aromatic nitrogens is 2. The molecule has 72 valence electrons. The Morgan fingerprint density at radius 1 is 1.36 bits per heavy atom. The topological polar surface area (TPSA) is 74.2 Å². The van der Waals surface area contributed by atoms with Crippen LogP contribution in [0.1, 0.15) is 0 Å². The van der Waals surface area contributed by atoms with Crippen LogP contribution in [0.4, 0.5) is 6.01 Å². The van der Waals surface area contributed by atoms with Gasteiger partial charge in [-0.3, -0.25) is 4.98 Å². The normalized spacial score (nSPS) is 10.1. The Labute approximate surface area is 80.5 Å². The second kappa shape index (κ2) is 3.37. The lowest BCUT2D eigenvalue weighted by Gasteiger charge is -1.98. The summed E-state index contributed by atoms with van der Waals surface area (Å²) in [6, 6.07) is 3.72. The number of hydrogen-bond donors (Lipinski definition) is 1. The van der Waals surface area contributed by atoms with Crippen molar-refractivity contribution in [2.75, 3.05) is 12.8 Å². The number of nitrogens with two attached hydrogens (primary N) is 1. The van der Waals surface area contributed by atoms with Gasteiger partial charge in [0.05, 0.1) is 19.0 Å². The van der Waals surface area contributed by atoms with Crippen LogP contribution >= 0.6 is 0 Å². The molecule has 0 unspecified atom stereocenters. The average molecular weight is 191 g/mol. The molecule has 2 aromatic rings. The summed E-state index contributed by atoms with van der Waals surface area (Å²) in [6.07, 6.45) is 3.07. The molecule has 2 N–H and O–H groups in total. The first kappa shape index (κ1) is 8.55. The molecule has 0 aliphatic heterocycles. The zero-order chi connectivity index (χ0) is 9.97. The van der Waals surface area contributed by atoms with E-state index in [1.165, 1.54) is 6.26 Å². The van der Waals surface area contributed by atoms with E-state index >= 15 is 0 Å². The fourth-order valence-corrected chi connectivity index (χ4v) is 1.06. The van der Waals surface area contributed by atoms with Crippen LogP contribution in [-0.2, 0) is 0 Å². The molecule has 0 radical (unpaired) electrons. The van der Waals surface area contributed by atoms with Crippen LogP contribution < -0.4 is 10.5 Å². The summed E-state index contributed by atoms with van der Waals surface area (Å²) in [6.45, 7) is 0. The highest BCUT2D eigenvalue weighted by Crippen LogP contribution is 2.19. The second-order valence-electron chi connectivity index (χ2n) is 2.65. The lowest BCUT2D eigenvalue weighted by molar-refractivity contribution is 0.413. The largest absolute Gasteiger partial charge is 0.495 e. The van der Waals surface area contributed by atoms with Crippen molar-refractivity contribution in [1.29, 1.82) is 0 Å². The predicted octanol–water partition coefficient (Wildman–Crippen LogP) is 1.33. The van der Waals surface area contributed by atoms with E-state index in [1.807, 2.05) is 0 Å². The molecule has 0 aliphatic rings. The molecule has 0 atom stereocenters. The van der Waals surface area contributed by atoms with Gasteiger partial charge in [-0.2, -0.15) is 4.98 Å². The van der Waals surface area contributed by atoms with Crippen molar-refractivity contribution in [3.05, 3.63) is 24.6 Å². The molecule has 0 aromatic carbocycles. The molecule has 14 heavy (non-hydrogen) atoms. The number of methoxy groups -OCH3 is 1. The maximum Gasteiger partial charge on any atom is 0.292 e. The molecule has 0 aliphatic carbocycles. The van der Waals surface area contributed by atoms with E-state index in [4.69, 9.17) is 14.9 Å². The minimum absolute atomic E-state index is 0.137. The molecule has 0 saturated carbocycles. The first-order chi connectivity index (χ1) is 6.79. The Bertz CT molecular complexity index is 422. The molecule has 2 aromatic heterocycles. The van der Waals surface area contributed by atoms with Crippen molar-refractivity contribution in [3.63, 3.8) is 0 Å². The van der Waals surface area contributed by atoms with Crippen LogP contribution in [0, 0.1) is 0 Å². The third-order valence-electron chi connectivity index (χ3n) is 1.76. The molecule has 0 spiro atoms. The quantitative estimate of drug-likeness (QED) is 0.775. The highest BCUT2D eigenvalue weighted by Gasteiger charge is 2.04. The summed E-state index contributed by atoms with van der Waals surface area (Å²) in [5.41, 5.74) is 6.66. The monoisotopic (exact) mass is 191 g/mol. The third kappa shape index (κ3) is 1.52. The van der Waals surface area contributed by atoms with Crippen molar-refractivity contribution in [1.82, 2.24) is 9.97 Å². The zero-order valence-electron chi connectivity index (χ0n) is 7.60. The van der Waals surface area contributed by atoms with Gasteiger partial charge in [0, 0.05) is 0 Å². The molecule has 0 fully saturated rings. The summed E-state index contributed by atoms with van der Waals surface area (Å²) in [7, 11) is 1.59. The van der Waals surface area contributed by atoms with Gasteiger partial charge in [0.2, 0.25) is 0 Å². The van der Waals surface area contributed by atoms with Crippen LogP contribution in [0.25, 0.3) is 11.4 Å². The van der Waals surface area contributed by atoms with Crippen LogP contribution in [0.2, 0.25) is 0 Å². The molecule has 2 heterocycles. The van der Waals surface area contributed by atoms with Crippen LogP contribution in [-0.4, -0.2) is 17.1 Å². The minimum Gasteiger partial charge on any atom is -0.495 e. The number of hydrogen-bond acceptors (Lipinski definition) is 5. The number of anilines is 1. The van der Waals surface area contributed by atoms with E-state index in [1.54, 1.807) is 25.4 Å². The third-order valence-corrected chi connectivity index (χ3v) is 1.76. The first-order valence-electron chi connectivity index (χ1n) is 4.01. The maximum absolute atomic E-state index is 5.34. The van der Waals surface area contributed by atoms with Crippen molar-refractivity contribution < 1.29 is 9.15 Å². The summed E-state index contributed by atoms with van der Waals surface area (Å²) < 4.78 is 9.85. The Hall–Kier alpha value is -2.04. The van der Waals surface area contributed by atoms with Gasteiger partial charge in [-0.25, -0.2) is 0 Å². The van der Waals surface area contributed by atoms with E-state index in [-0.39, 0.29) is 6.01 Å². The molecular formula is C9H9N3O2. The lowest BCUT2D eigenvalue weighted by atomic mass is 10.3. The fourth-order valence-electron chi connectivity index (χ4n) is 1.06. The predicted molar refractivity (Wildman–Crippen MR) is 50.7 cm³/mol. The van der Waals surface area contributed by atoms with Crippen molar-refractivity contribution >= 4 is 6.01 Å².